The fraction of sp³-hybridized carbons (Fsp3) is 0.619. The molecule has 126 valence electrons. The van der Waals surface area contributed by atoms with Gasteiger partial charge in [0.05, 0.1) is 6.04 Å². The van der Waals surface area contributed by atoms with Gasteiger partial charge in [-0.1, -0.05) is 57.2 Å². The van der Waals surface area contributed by atoms with Gasteiger partial charge in [-0.15, -0.1) is 0 Å². The molecule has 0 radical (unpaired) electrons. The van der Waals surface area contributed by atoms with Crippen LogP contribution in [0.1, 0.15) is 82.7 Å². The second-order valence-electron chi connectivity index (χ2n) is 7.13. The molecule has 0 fully saturated rings. The third kappa shape index (κ3) is 3.63. The van der Waals surface area contributed by atoms with Crippen molar-refractivity contribution in [2.24, 2.45) is 5.73 Å². The van der Waals surface area contributed by atoms with Crippen molar-refractivity contribution in [3.63, 3.8) is 0 Å². The quantitative estimate of drug-likeness (QED) is 0.655. The van der Waals surface area contributed by atoms with Gasteiger partial charge < -0.3 is 10.6 Å². The van der Waals surface area contributed by atoms with Gasteiger partial charge in [0.2, 0.25) is 0 Å². The highest BCUT2D eigenvalue weighted by Gasteiger charge is 2.31. The zero-order valence-electron chi connectivity index (χ0n) is 14.7. The van der Waals surface area contributed by atoms with Crippen molar-refractivity contribution in [1.29, 1.82) is 0 Å². The number of para-hydroxylation sites is 1. The van der Waals surface area contributed by atoms with Gasteiger partial charge in [-0.2, -0.15) is 0 Å². The van der Waals surface area contributed by atoms with Crippen LogP contribution in [0.5, 0.6) is 0 Å². The SMILES string of the molecule is CCCCCCCCN1C2=C(CCCC2)C(N)c2ccccc21. The first-order valence-electron chi connectivity index (χ1n) is 9.67. The van der Waals surface area contributed by atoms with Gasteiger partial charge in [0.15, 0.2) is 0 Å². The molecule has 1 aromatic rings. The molecule has 3 rings (SSSR count). The zero-order chi connectivity index (χ0) is 16.1. The van der Waals surface area contributed by atoms with Gasteiger partial charge in [-0.3, -0.25) is 0 Å². The van der Waals surface area contributed by atoms with Crippen LogP contribution in [0.25, 0.3) is 0 Å². The van der Waals surface area contributed by atoms with Crippen LogP contribution in [0.3, 0.4) is 0 Å². The van der Waals surface area contributed by atoms with Gasteiger partial charge in [-0.25, -0.2) is 0 Å². The second-order valence-corrected chi connectivity index (χ2v) is 7.13. The maximum Gasteiger partial charge on any atom is 0.0551 e. The Labute approximate surface area is 141 Å². The third-order valence-corrected chi connectivity index (χ3v) is 5.48. The monoisotopic (exact) mass is 312 g/mol. The second kappa shape index (κ2) is 8.01. The standard InChI is InChI=1S/C21H32N2/c1-2-3-4-5-6-11-16-23-19-14-9-7-12-17(19)21(22)18-13-8-10-15-20(18)23/h7,9,12,14,21H,2-6,8,10-11,13,15-16,22H2,1H3. The van der Waals surface area contributed by atoms with Crippen LogP contribution in [-0.2, 0) is 0 Å². The van der Waals surface area contributed by atoms with Gasteiger partial charge in [0.25, 0.3) is 0 Å². The van der Waals surface area contributed by atoms with E-state index in [1.54, 1.807) is 5.70 Å². The molecule has 0 saturated heterocycles. The van der Waals surface area contributed by atoms with E-state index >= 15 is 0 Å². The predicted molar refractivity (Wildman–Crippen MR) is 99.6 cm³/mol. The number of anilines is 1. The Kier molecular flexibility index (Phi) is 5.77. The lowest BCUT2D eigenvalue weighted by Crippen LogP contribution is -2.35. The maximum absolute atomic E-state index is 6.59. The Balaban J connectivity index is 1.72. The third-order valence-electron chi connectivity index (χ3n) is 5.48. The molecule has 2 aliphatic rings. The lowest BCUT2D eigenvalue weighted by Gasteiger charge is -2.40. The number of rotatable bonds is 7. The molecule has 0 bridgehead atoms. The van der Waals surface area contributed by atoms with Crippen LogP contribution in [0, 0.1) is 0 Å². The zero-order valence-corrected chi connectivity index (χ0v) is 14.7. The predicted octanol–water partition coefficient (Wildman–Crippen LogP) is 5.70. The Morgan fingerprint density at radius 2 is 1.74 bits per heavy atom. The van der Waals surface area contributed by atoms with E-state index in [9.17, 15) is 0 Å². The maximum atomic E-state index is 6.59. The molecule has 23 heavy (non-hydrogen) atoms. The van der Waals surface area contributed by atoms with Crippen LogP contribution < -0.4 is 10.6 Å². The summed E-state index contributed by atoms with van der Waals surface area (Å²) in [6.45, 7) is 3.44. The molecule has 0 aromatic heterocycles. The van der Waals surface area contributed by atoms with Crippen LogP contribution in [-0.4, -0.2) is 6.54 Å². The van der Waals surface area contributed by atoms with Crippen molar-refractivity contribution in [1.82, 2.24) is 0 Å². The van der Waals surface area contributed by atoms with E-state index in [0.717, 1.165) is 6.54 Å². The Morgan fingerprint density at radius 1 is 1.00 bits per heavy atom. The normalized spacial score (nSPS) is 20.4. The summed E-state index contributed by atoms with van der Waals surface area (Å²) < 4.78 is 0. The van der Waals surface area contributed by atoms with E-state index in [4.69, 9.17) is 5.73 Å². The molecule has 2 N–H and O–H groups in total. The number of benzene rings is 1. The number of hydrogen-bond donors (Lipinski definition) is 1. The molecule has 1 atom stereocenters. The van der Waals surface area contributed by atoms with E-state index < -0.39 is 0 Å². The van der Waals surface area contributed by atoms with E-state index in [1.165, 1.54) is 81.0 Å². The van der Waals surface area contributed by atoms with Crippen LogP contribution in [0.2, 0.25) is 0 Å². The molecule has 1 unspecified atom stereocenters. The lowest BCUT2D eigenvalue weighted by atomic mass is 9.83. The topological polar surface area (TPSA) is 29.3 Å². The summed E-state index contributed by atoms with van der Waals surface area (Å²) in [6, 6.07) is 8.92. The molecule has 2 heteroatoms. The van der Waals surface area contributed by atoms with Gasteiger partial charge >= 0.3 is 0 Å². The van der Waals surface area contributed by atoms with Crippen molar-refractivity contribution in [3.8, 4) is 0 Å². The van der Waals surface area contributed by atoms with Crippen molar-refractivity contribution in [2.75, 3.05) is 11.4 Å². The summed E-state index contributed by atoms with van der Waals surface area (Å²) in [7, 11) is 0. The average molecular weight is 313 g/mol. The van der Waals surface area contributed by atoms with Gasteiger partial charge in [0.1, 0.15) is 0 Å². The summed E-state index contributed by atoms with van der Waals surface area (Å²) in [4.78, 5) is 2.60. The minimum Gasteiger partial charge on any atom is -0.345 e. The van der Waals surface area contributed by atoms with E-state index in [-0.39, 0.29) is 6.04 Å². The fourth-order valence-electron chi connectivity index (χ4n) is 4.19. The number of nitrogens with zero attached hydrogens (tertiary/aromatic N) is 1. The van der Waals surface area contributed by atoms with Crippen molar-refractivity contribution >= 4 is 5.69 Å². The smallest absolute Gasteiger partial charge is 0.0551 e. The first-order chi connectivity index (χ1) is 11.3. The van der Waals surface area contributed by atoms with Crippen molar-refractivity contribution < 1.29 is 0 Å². The Morgan fingerprint density at radius 3 is 2.61 bits per heavy atom. The number of hydrogen-bond acceptors (Lipinski definition) is 2. The molecule has 0 saturated carbocycles. The summed E-state index contributed by atoms with van der Waals surface area (Å²) >= 11 is 0. The summed E-state index contributed by atoms with van der Waals surface area (Å²) in [5.41, 5.74) is 12.4. The largest absolute Gasteiger partial charge is 0.345 e. The van der Waals surface area contributed by atoms with Gasteiger partial charge in [0, 0.05) is 17.9 Å². The number of nitrogens with two attached hydrogens (primary N) is 1. The van der Waals surface area contributed by atoms with E-state index in [0.29, 0.717) is 0 Å². The van der Waals surface area contributed by atoms with Crippen LogP contribution in [0.15, 0.2) is 35.5 Å². The van der Waals surface area contributed by atoms with E-state index in [2.05, 4.69) is 36.1 Å². The number of unbranched alkanes of at least 4 members (excludes halogenated alkanes) is 5. The first kappa shape index (κ1) is 16.6. The lowest BCUT2D eigenvalue weighted by molar-refractivity contribution is 0.566. The van der Waals surface area contributed by atoms with Crippen LogP contribution >= 0.6 is 0 Å². The molecule has 2 nitrogen and oxygen atoms in total. The number of fused-ring (bicyclic) bond motifs is 1. The minimum atomic E-state index is 0.127. The fourth-order valence-corrected chi connectivity index (χ4v) is 4.19. The molecule has 0 spiro atoms. The molecular formula is C21H32N2. The molecule has 1 aromatic carbocycles. The van der Waals surface area contributed by atoms with Gasteiger partial charge in [-0.05, 0) is 49.3 Å². The first-order valence-corrected chi connectivity index (χ1v) is 9.67. The summed E-state index contributed by atoms with van der Waals surface area (Å²) in [5, 5.41) is 0. The Bertz CT molecular complexity index is 547. The number of allylic oxidation sites excluding steroid dienone is 1. The van der Waals surface area contributed by atoms with E-state index in [1.807, 2.05) is 0 Å². The highest BCUT2D eigenvalue weighted by Crippen LogP contribution is 2.44. The van der Waals surface area contributed by atoms with Crippen LogP contribution in [0.4, 0.5) is 5.69 Å². The molecule has 0 amide bonds. The highest BCUT2D eigenvalue weighted by atomic mass is 15.2. The molecule has 1 heterocycles. The average Bonchev–Trinajstić information content (AvgIpc) is 2.60. The summed E-state index contributed by atoms with van der Waals surface area (Å²) in [5.74, 6) is 0. The van der Waals surface area contributed by atoms with Crippen molar-refractivity contribution in [3.05, 3.63) is 41.1 Å². The molecule has 1 aliphatic heterocycles. The highest BCUT2D eigenvalue weighted by molar-refractivity contribution is 5.65. The molecule has 1 aliphatic carbocycles. The Hall–Kier alpha value is -1.28. The van der Waals surface area contributed by atoms with Crippen molar-refractivity contribution in [2.45, 2.75) is 77.2 Å². The summed E-state index contributed by atoms with van der Waals surface area (Å²) in [6.07, 6.45) is 13.2. The molecular weight excluding hydrogens is 280 g/mol. The minimum absolute atomic E-state index is 0.127.